The monoisotopic (exact) mass is 422 g/mol. The third-order valence-electron chi connectivity index (χ3n) is 3.77. The Bertz CT molecular complexity index is 933. The number of esters is 1. The highest BCUT2D eigenvalue weighted by molar-refractivity contribution is 6.32. The second-order valence-corrected chi connectivity index (χ2v) is 6.14. The molecule has 2 aromatic rings. The predicted molar refractivity (Wildman–Crippen MR) is 106 cm³/mol. The number of halogens is 1. The van der Waals surface area contributed by atoms with Gasteiger partial charge in [0.25, 0.3) is 11.6 Å². The fraction of sp³-hybridized carbons (Fsp3) is 0.263. The first-order valence-electron chi connectivity index (χ1n) is 8.54. The van der Waals surface area contributed by atoms with Crippen molar-refractivity contribution in [1.82, 2.24) is 0 Å². The Morgan fingerprint density at radius 1 is 1.28 bits per heavy atom. The Morgan fingerprint density at radius 2 is 1.97 bits per heavy atom. The van der Waals surface area contributed by atoms with Crippen LogP contribution in [0.4, 0.5) is 11.4 Å². The van der Waals surface area contributed by atoms with Crippen LogP contribution in [-0.4, -0.2) is 36.6 Å². The molecule has 1 unspecified atom stereocenters. The van der Waals surface area contributed by atoms with E-state index in [0.29, 0.717) is 6.61 Å². The van der Waals surface area contributed by atoms with Gasteiger partial charge in [0.2, 0.25) is 0 Å². The van der Waals surface area contributed by atoms with Gasteiger partial charge < -0.3 is 19.5 Å². The summed E-state index contributed by atoms with van der Waals surface area (Å²) in [6.07, 6.45) is -1.22. The summed E-state index contributed by atoms with van der Waals surface area (Å²) in [6.45, 7) is 3.47. The number of nitrogens with one attached hydrogen (secondary N) is 1. The first kappa shape index (κ1) is 22.0. The Morgan fingerprint density at radius 3 is 2.59 bits per heavy atom. The lowest BCUT2D eigenvalue weighted by Gasteiger charge is -2.15. The zero-order chi connectivity index (χ0) is 21.6. The van der Waals surface area contributed by atoms with E-state index in [9.17, 15) is 19.7 Å². The van der Waals surface area contributed by atoms with Crippen LogP contribution in [0.5, 0.6) is 11.5 Å². The molecule has 1 atom stereocenters. The lowest BCUT2D eigenvalue weighted by molar-refractivity contribution is -0.383. The number of rotatable bonds is 8. The number of methoxy groups -OCH3 is 1. The molecule has 0 heterocycles. The van der Waals surface area contributed by atoms with Crippen LogP contribution in [0, 0.1) is 10.1 Å². The summed E-state index contributed by atoms with van der Waals surface area (Å²) in [5.74, 6) is -1.02. The molecule has 10 heteroatoms. The summed E-state index contributed by atoms with van der Waals surface area (Å²) in [4.78, 5) is 35.1. The molecular weight excluding hydrogens is 404 g/mol. The molecule has 0 aliphatic rings. The van der Waals surface area contributed by atoms with Crippen molar-refractivity contribution < 1.29 is 28.7 Å². The SMILES string of the molecule is CCOc1c(Cl)cc(C(=O)OC(C)C(=O)Nc2ccccc2[N+](=O)[O-])cc1OC. The van der Waals surface area contributed by atoms with Crippen LogP contribution < -0.4 is 14.8 Å². The number of nitrogens with zero attached hydrogens (tertiary/aromatic N) is 1. The van der Waals surface area contributed by atoms with E-state index in [1.54, 1.807) is 6.92 Å². The minimum atomic E-state index is -1.22. The van der Waals surface area contributed by atoms with Gasteiger partial charge >= 0.3 is 5.97 Å². The first-order valence-corrected chi connectivity index (χ1v) is 8.91. The number of nitro groups is 1. The molecule has 2 aromatic carbocycles. The van der Waals surface area contributed by atoms with Gasteiger partial charge in [-0.1, -0.05) is 23.7 Å². The quantitative estimate of drug-likeness (QED) is 0.390. The lowest BCUT2D eigenvalue weighted by atomic mass is 10.2. The molecule has 0 saturated heterocycles. The Hall–Kier alpha value is -3.33. The van der Waals surface area contributed by atoms with Gasteiger partial charge in [-0.25, -0.2) is 4.79 Å². The number of carbonyl (C=O) groups is 2. The maximum absolute atomic E-state index is 12.4. The molecule has 0 aromatic heterocycles. The van der Waals surface area contributed by atoms with Crippen LogP contribution in [0.15, 0.2) is 36.4 Å². The number of para-hydroxylation sites is 2. The Kier molecular flexibility index (Phi) is 7.38. The average Bonchev–Trinajstić information content (AvgIpc) is 2.69. The largest absolute Gasteiger partial charge is 0.493 e. The maximum Gasteiger partial charge on any atom is 0.339 e. The number of hydrogen-bond acceptors (Lipinski definition) is 7. The van der Waals surface area contributed by atoms with Gasteiger partial charge in [0.15, 0.2) is 17.6 Å². The summed E-state index contributed by atoms with van der Waals surface area (Å²) < 4.78 is 15.7. The Balaban J connectivity index is 2.13. The molecule has 0 bridgehead atoms. The van der Waals surface area contributed by atoms with Crippen LogP contribution in [0.25, 0.3) is 0 Å². The highest BCUT2D eigenvalue weighted by atomic mass is 35.5. The zero-order valence-corrected chi connectivity index (χ0v) is 16.7. The molecule has 0 aliphatic heterocycles. The topological polar surface area (TPSA) is 117 Å². The van der Waals surface area contributed by atoms with E-state index >= 15 is 0 Å². The van der Waals surface area contributed by atoms with E-state index < -0.39 is 22.9 Å². The van der Waals surface area contributed by atoms with Crippen LogP contribution in [0.2, 0.25) is 5.02 Å². The molecule has 0 spiro atoms. The van der Waals surface area contributed by atoms with Gasteiger partial charge in [0, 0.05) is 6.07 Å². The molecule has 0 radical (unpaired) electrons. The van der Waals surface area contributed by atoms with Crippen molar-refractivity contribution in [3.8, 4) is 11.5 Å². The second kappa shape index (κ2) is 9.74. The van der Waals surface area contributed by atoms with Crippen molar-refractivity contribution in [3.63, 3.8) is 0 Å². The predicted octanol–water partition coefficient (Wildman–Crippen LogP) is 3.84. The number of benzene rings is 2. The number of anilines is 1. The minimum Gasteiger partial charge on any atom is -0.493 e. The smallest absolute Gasteiger partial charge is 0.339 e. The fourth-order valence-corrected chi connectivity index (χ4v) is 2.64. The van der Waals surface area contributed by atoms with Crippen molar-refractivity contribution in [2.45, 2.75) is 20.0 Å². The van der Waals surface area contributed by atoms with Crippen LogP contribution in [0.3, 0.4) is 0 Å². The van der Waals surface area contributed by atoms with E-state index in [2.05, 4.69) is 5.32 Å². The number of amides is 1. The maximum atomic E-state index is 12.4. The summed E-state index contributed by atoms with van der Waals surface area (Å²) in [5.41, 5.74) is -0.223. The minimum absolute atomic E-state index is 0.00354. The van der Waals surface area contributed by atoms with Crippen LogP contribution >= 0.6 is 11.6 Å². The van der Waals surface area contributed by atoms with E-state index in [4.69, 9.17) is 25.8 Å². The van der Waals surface area contributed by atoms with Crippen molar-refractivity contribution in [3.05, 3.63) is 57.1 Å². The van der Waals surface area contributed by atoms with E-state index in [1.807, 2.05) is 0 Å². The fourth-order valence-electron chi connectivity index (χ4n) is 2.38. The van der Waals surface area contributed by atoms with Gasteiger partial charge in [0.1, 0.15) is 5.69 Å². The highest BCUT2D eigenvalue weighted by Crippen LogP contribution is 2.36. The second-order valence-electron chi connectivity index (χ2n) is 5.73. The first-order chi connectivity index (χ1) is 13.8. The molecule has 9 nitrogen and oxygen atoms in total. The third kappa shape index (κ3) is 5.35. The van der Waals surface area contributed by atoms with Gasteiger partial charge in [0.05, 0.1) is 29.2 Å². The molecular formula is C19H19ClN2O7. The van der Waals surface area contributed by atoms with Gasteiger partial charge in [-0.3, -0.25) is 14.9 Å². The molecule has 1 amide bonds. The molecule has 29 heavy (non-hydrogen) atoms. The Labute approximate surface area is 171 Å². The summed E-state index contributed by atoms with van der Waals surface area (Å²) in [7, 11) is 1.39. The van der Waals surface area contributed by atoms with E-state index in [1.165, 1.54) is 50.4 Å². The van der Waals surface area contributed by atoms with E-state index in [0.717, 1.165) is 0 Å². The van der Waals surface area contributed by atoms with Crippen molar-refractivity contribution >= 4 is 34.9 Å². The molecule has 154 valence electrons. The van der Waals surface area contributed by atoms with Crippen molar-refractivity contribution in [1.29, 1.82) is 0 Å². The van der Waals surface area contributed by atoms with Crippen LogP contribution in [-0.2, 0) is 9.53 Å². The molecule has 2 rings (SSSR count). The van der Waals surface area contributed by atoms with E-state index in [-0.39, 0.29) is 33.5 Å². The molecule has 0 aliphatic carbocycles. The summed E-state index contributed by atoms with van der Waals surface area (Å²) >= 11 is 6.13. The van der Waals surface area contributed by atoms with Crippen molar-refractivity contribution in [2.24, 2.45) is 0 Å². The number of carbonyl (C=O) groups excluding carboxylic acids is 2. The molecule has 0 saturated carbocycles. The highest BCUT2D eigenvalue weighted by Gasteiger charge is 2.23. The number of hydrogen-bond donors (Lipinski definition) is 1. The van der Waals surface area contributed by atoms with Gasteiger partial charge in [-0.2, -0.15) is 0 Å². The summed E-state index contributed by atoms with van der Waals surface area (Å²) in [5, 5.41) is 13.6. The van der Waals surface area contributed by atoms with Crippen molar-refractivity contribution in [2.75, 3.05) is 19.0 Å². The third-order valence-corrected chi connectivity index (χ3v) is 4.05. The van der Waals surface area contributed by atoms with Gasteiger partial charge in [-0.05, 0) is 32.0 Å². The lowest BCUT2D eigenvalue weighted by Crippen LogP contribution is -2.30. The zero-order valence-electron chi connectivity index (χ0n) is 15.9. The molecule has 1 N–H and O–H groups in total. The summed E-state index contributed by atoms with van der Waals surface area (Å²) in [6, 6.07) is 8.35. The number of nitro benzene ring substituents is 1. The normalized spacial score (nSPS) is 11.3. The standard InChI is InChI=1S/C19H19ClN2O7/c1-4-28-17-13(20)9-12(10-16(17)27-3)19(24)29-11(2)18(23)21-14-7-5-6-8-15(14)22(25)26/h5-11H,4H2,1-3H3,(H,21,23). The average molecular weight is 423 g/mol. The molecule has 0 fully saturated rings. The van der Waals surface area contributed by atoms with Crippen LogP contribution in [0.1, 0.15) is 24.2 Å². The van der Waals surface area contributed by atoms with Gasteiger partial charge in [-0.15, -0.1) is 0 Å². The number of ether oxygens (including phenoxy) is 3.